The molecule has 0 saturated heterocycles. The first-order valence-corrected chi connectivity index (χ1v) is 8.15. The monoisotopic (exact) mass is 336 g/mol. The summed E-state index contributed by atoms with van der Waals surface area (Å²) in [6.07, 6.45) is 2.40. The average Bonchev–Trinajstić information content (AvgIpc) is 3.14. The Morgan fingerprint density at radius 3 is 2.72 bits per heavy atom. The smallest absolute Gasteiger partial charge is 0.270 e. The minimum absolute atomic E-state index is 0.206. The molecule has 0 fully saturated rings. The number of carbonyl (C=O) groups is 1. The van der Waals surface area contributed by atoms with Crippen molar-refractivity contribution in [3.05, 3.63) is 77.6 Å². The maximum atomic E-state index is 12.3. The highest BCUT2D eigenvalue weighted by atomic mass is 16.3. The Labute approximate surface area is 146 Å². The number of amides is 1. The molecule has 0 atom stereocenters. The summed E-state index contributed by atoms with van der Waals surface area (Å²) >= 11 is 0. The fourth-order valence-electron chi connectivity index (χ4n) is 2.42. The van der Waals surface area contributed by atoms with Crippen molar-refractivity contribution in [2.75, 3.05) is 11.9 Å². The van der Waals surface area contributed by atoms with E-state index >= 15 is 0 Å². The van der Waals surface area contributed by atoms with Crippen LogP contribution in [0.4, 0.5) is 5.82 Å². The number of hydrogen-bond donors (Lipinski definition) is 2. The molecule has 0 saturated carbocycles. The van der Waals surface area contributed by atoms with Gasteiger partial charge < -0.3 is 15.1 Å². The van der Waals surface area contributed by atoms with Crippen LogP contribution in [0.2, 0.25) is 0 Å². The summed E-state index contributed by atoms with van der Waals surface area (Å²) < 4.78 is 5.27. The molecule has 6 nitrogen and oxygen atoms in total. The summed E-state index contributed by atoms with van der Waals surface area (Å²) in [6.45, 7) is 2.82. The van der Waals surface area contributed by atoms with Gasteiger partial charge in [-0.2, -0.15) is 0 Å². The van der Waals surface area contributed by atoms with Gasteiger partial charge in [0, 0.05) is 12.6 Å². The van der Waals surface area contributed by atoms with Crippen LogP contribution in [0, 0.1) is 6.92 Å². The van der Waals surface area contributed by atoms with Crippen molar-refractivity contribution in [1.29, 1.82) is 0 Å². The Morgan fingerprint density at radius 1 is 1.12 bits per heavy atom. The molecule has 128 valence electrons. The number of aryl methyl sites for hydroxylation is 1. The standard InChI is InChI=1S/C19H20N4O2/c1-14-22-17(12-18(23-14)21-13-16-8-5-11-25-16)19(24)20-10-9-15-6-3-2-4-7-15/h2-8,11-12H,9-10,13H2,1H3,(H,20,24)(H,21,22,23). The fraction of sp³-hybridized carbons (Fsp3) is 0.211. The molecule has 25 heavy (non-hydrogen) atoms. The summed E-state index contributed by atoms with van der Waals surface area (Å²) in [4.78, 5) is 20.8. The van der Waals surface area contributed by atoms with Crippen LogP contribution < -0.4 is 10.6 Å². The molecular formula is C19H20N4O2. The van der Waals surface area contributed by atoms with Gasteiger partial charge in [0.05, 0.1) is 12.8 Å². The zero-order chi connectivity index (χ0) is 17.5. The molecule has 2 heterocycles. The number of hydrogen-bond acceptors (Lipinski definition) is 5. The summed E-state index contributed by atoms with van der Waals surface area (Å²) in [5.74, 6) is 1.72. The van der Waals surface area contributed by atoms with Gasteiger partial charge in [-0.15, -0.1) is 0 Å². The largest absolute Gasteiger partial charge is 0.467 e. The Hall–Kier alpha value is -3.15. The van der Waals surface area contributed by atoms with Gasteiger partial charge in [-0.25, -0.2) is 9.97 Å². The summed E-state index contributed by atoms with van der Waals surface area (Å²) in [6, 6.07) is 15.4. The van der Waals surface area contributed by atoms with Crippen LogP contribution in [-0.4, -0.2) is 22.4 Å². The van der Waals surface area contributed by atoms with Crippen molar-refractivity contribution in [2.24, 2.45) is 0 Å². The second-order valence-corrected chi connectivity index (χ2v) is 5.61. The normalized spacial score (nSPS) is 10.4. The number of benzene rings is 1. The minimum Gasteiger partial charge on any atom is -0.467 e. The van der Waals surface area contributed by atoms with Crippen molar-refractivity contribution in [2.45, 2.75) is 19.9 Å². The zero-order valence-corrected chi connectivity index (χ0v) is 14.0. The average molecular weight is 336 g/mol. The van der Waals surface area contributed by atoms with Crippen molar-refractivity contribution >= 4 is 11.7 Å². The maximum Gasteiger partial charge on any atom is 0.270 e. The van der Waals surface area contributed by atoms with Crippen LogP contribution >= 0.6 is 0 Å². The molecule has 1 amide bonds. The molecule has 0 aliphatic rings. The molecule has 0 aliphatic carbocycles. The van der Waals surface area contributed by atoms with E-state index in [1.54, 1.807) is 19.3 Å². The Morgan fingerprint density at radius 2 is 1.96 bits per heavy atom. The van der Waals surface area contributed by atoms with Gasteiger partial charge >= 0.3 is 0 Å². The number of nitrogens with zero attached hydrogens (tertiary/aromatic N) is 2. The molecule has 3 aromatic rings. The van der Waals surface area contributed by atoms with E-state index < -0.39 is 0 Å². The zero-order valence-electron chi connectivity index (χ0n) is 14.0. The lowest BCUT2D eigenvalue weighted by Gasteiger charge is -2.08. The number of anilines is 1. The van der Waals surface area contributed by atoms with E-state index in [1.807, 2.05) is 42.5 Å². The molecule has 0 unspecified atom stereocenters. The van der Waals surface area contributed by atoms with Crippen molar-refractivity contribution < 1.29 is 9.21 Å². The second kappa shape index (κ2) is 8.10. The number of aromatic nitrogens is 2. The predicted octanol–water partition coefficient (Wildman–Crippen LogP) is 2.96. The molecule has 0 aliphatic heterocycles. The van der Waals surface area contributed by atoms with Crippen molar-refractivity contribution in [3.8, 4) is 0 Å². The first kappa shape index (κ1) is 16.7. The highest BCUT2D eigenvalue weighted by Gasteiger charge is 2.10. The van der Waals surface area contributed by atoms with Crippen LogP contribution in [-0.2, 0) is 13.0 Å². The van der Waals surface area contributed by atoms with E-state index in [1.165, 1.54) is 5.56 Å². The molecule has 3 rings (SSSR count). The van der Waals surface area contributed by atoms with E-state index in [9.17, 15) is 4.79 Å². The summed E-state index contributed by atoms with van der Waals surface area (Å²) in [7, 11) is 0. The molecule has 0 spiro atoms. The van der Waals surface area contributed by atoms with Crippen molar-refractivity contribution in [1.82, 2.24) is 15.3 Å². The quantitative estimate of drug-likeness (QED) is 0.693. The van der Waals surface area contributed by atoms with Gasteiger partial charge in [0.25, 0.3) is 5.91 Å². The first-order valence-electron chi connectivity index (χ1n) is 8.15. The highest BCUT2D eigenvalue weighted by Crippen LogP contribution is 2.09. The van der Waals surface area contributed by atoms with Gasteiger partial charge in [0.15, 0.2) is 0 Å². The van der Waals surface area contributed by atoms with Gasteiger partial charge in [-0.3, -0.25) is 4.79 Å². The van der Waals surface area contributed by atoms with Gasteiger partial charge in [0.1, 0.15) is 23.1 Å². The third-order valence-electron chi connectivity index (χ3n) is 3.64. The number of nitrogens with one attached hydrogen (secondary N) is 2. The lowest BCUT2D eigenvalue weighted by Crippen LogP contribution is -2.27. The Bertz CT molecular complexity index is 817. The highest BCUT2D eigenvalue weighted by molar-refractivity contribution is 5.92. The van der Waals surface area contributed by atoms with Crippen LogP contribution in [0.25, 0.3) is 0 Å². The van der Waals surface area contributed by atoms with E-state index in [4.69, 9.17) is 4.42 Å². The molecule has 0 bridgehead atoms. The molecule has 1 aromatic carbocycles. The third-order valence-corrected chi connectivity index (χ3v) is 3.64. The predicted molar refractivity (Wildman–Crippen MR) is 95.3 cm³/mol. The van der Waals surface area contributed by atoms with Crippen LogP contribution in [0.1, 0.15) is 27.6 Å². The topological polar surface area (TPSA) is 80.0 Å². The number of rotatable bonds is 7. The SMILES string of the molecule is Cc1nc(NCc2ccco2)cc(C(=O)NCCc2ccccc2)n1. The molecule has 0 radical (unpaired) electrons. The van der Waals surface area contributed by atoms with Gasteiger partial charge in [0.2, 0.25) is 0 Å². The van der Waals surface area contributed by atoms with Gasteiger partial charge in [-0.1, -0.05) is 30.3 Å². The molecule has 2 aromatic heterocycles. The maximum absolute atomic E-state index is 12.3. The number of carbonyl (C=O) groups excluding carboxylic acids is 1. The van der Waals surface area contributed by atoms with E-state index in [0.29, 0.717) is 30.4 Å². The van der Waals surface area contributed by atoms with Crippen LogP contribution in [0.15, 0.2) is 59.2 Å². The van der Waals surface area contributed by atoms with E-state index in [2.05, 4.69) is 20.6 Å². The van der Waals surface area contributed by atoms with Gasteiger partial charge in [-0.05, 0) is 31.0 Å². The third kappa shape index (κ3) is 4.91. The van der Waals surface area contributed by atoms with Crippen LogP contribution in [0.3, 0.4) is 0 Å². The minimum atomic E-state index is -0.206. The van der Waals surface area contributed by atoms with E-state index in [-0.39, 0.29) is 5.91 Å². The lowest BCUT2D eigenvalue weighted by atomic mass is 10.1. The van der Waals surface area contributed by atoms with Crippen LogP contribution in [0.5, 0.6) is 0 Å². The summed E-state index contributed by atoms with van der Waals surface area (Å²) in [5.41, 5.74) is 1.53. The number of furan rings is 1. The molecular weight excluding hydrogens is 316 g/mol. The van der Waals surface area contributed by atoms with E-state index in [0.717, 1.165) is 12.2 Å². The fourth-order valence-corrected chi connectivity index (χ4v) is 2.42. The molecule has 2 N–H and O–H groups in total. The molecule has 6 heteroatoms. The van der Waals surface area contributed by atoms with Crippen molar-refractivity contribution in [3.63, 3.8) is 0 Å². The Kier molecular flexibility index (Phi) is 5.41. The second-order valence-electron chi connectivity index (χ2n) is 5.61. The summed E-state index contributed by atoms with van der Waals surface area (Å²) in [5, 5.41) is 6.04. The first-order chi connectivity index (χ1) is 12.2. The lowest BCUT2D eigenvalue weighted by molar-refractivity contribution is 0.0949. The Balaban J connectivity index is 1.57.